The van der Waals surface area contributed by atoms with Crippen LogP contribution < -0.4 is 10.1 Å². The summed E-state index contributed by atoms with van der Waals surface area (Å²) in [5.41, 5.74) is 1.07. The van der Waals surface area contributed by atoms with Gasteiger partial charge in [-0.25, -0.2) is 4.79 Å². The quantitative estimate of drug-likeness (QED) is 0.372. The Hall–Kier alpha value is -3.53. The predicted octanol–water partition coefficient (Wildman–Crippen LogP) is 3.27. The molecule has 0 saturated carbocycles. The van der Waals surface area contributed by atoms with Gasteiger partial charge < -0.3 is 14.8 Å². The largest absolute Gasteiger partial charge is 0.497 e. The van der Waals surface area contributed by atoms with E-state index in [1.165, 1.54) is 19.2 Å². The molecule has 0 fully saturated rings. The molecule has 0 spiro atoms. The van der Waals surface area contributed by atoms with E-state index in [9.17, 15) is 14.9 Å². The number of benzene rings is 2. The van der Waals surface area contributed by atoms with Crippen LogP contribution in [0.15, 0.2) is 48.5 Å². The first-order valence-corrected chi connectivity index (χ1v) is 7.86. The summed E-state index contributed by atoms with van der Waals surface area (Å²) in [5, 5.41) is 13.6. The number of alkyl carbamates (subject to hydrolysis) is 1. The molecule has 0 radical (unpaired) electrons. The molecular formula is C19H18N2O5. The fourth-order valence-electron chi connectivity index (χ4n) is 2.05. The van der Waals surface area contributed by atoms with Gasteiger partial charge in [0, 0.05) is 13.0 Å². The Kier molecular flexibility index (Phi) is 7.01. The molecule has 7 heteroatoms. The summed E-state index contributed by atoms with van der Waals surface area (Å²) in [6, 6.07) is 13.8. The average molecular weight is 354 g/mol. The van der Waals surface area contributed by atoms with Gasteiger partial charge in [0.15, 0.2) is 0 Å². The van der Waals surface area contributed by atoms with Crippen LogP contribution in [-0.4, -0.2) is 24.7 Å². The third-order valence-electron chi connectivity index (χ3n) is 3.36. The van der Waals surface area contributed by atoms with Crippen molar-refractivity contribution in [3.63, 3.8) is 0 Å². The standard InChI is InChI=1S/C19H18N2O5/c1-25-17-11-10-16(18(13-17)21(23)24)9-5-6-12-20-19(22)26-14-15-7-3-2-4-8-15/h2-4,7-8,10-11,13H,6,12,14H2,1H3,(H,20,22). The number of methoxy groups -OCH3 is 1. The maximum Gasteiger partial charge on any atom is 0.407 e. The first kappa shape index (κ1) is 18.8. The van der Waals surface area contributed by atoms with E-state index in [-0.39, 0.29) is 18.8 Å². The average Bonchev–Trinajstić information content (AvgIpc) is 2.66. The van der Waals surface area contributed by atoms with E-state index in [0.717, 1.165) is 5.56 Å². The topological polar surface area (TPSA) is 90.7 Å². The highest BCUT2D eigenvalue weighted by atomic mass is 16.6. The van der Waals surface area contributed by atoms with E-state index < -0.39 is 11.0 Å². The molecule has 2 aromatic rings. The highest BCUT2D eigenvalue weighted by Gasteiger charge is 2.13. The van der Waals surface area contributed by atoms with Crippen molar-refractivity contribution in [3.8, 4) is 17.6 Å². The predicted molar refractivity (Wildman–Crippen MR) is 95.8 cm³/mol. The first-order chi connectivity index (χ1) is 12.6. The summed E-state index contributed by atoms with van der Waals surface area (Å²) in [5.74, 6) is 5.93. The van der Waals surface area contributed by atoms with Crippen LogP contribution in [0.1, 0.15) is 17.5 Å². The lowest BCUT2D eigenvalue weighted by molar-refractivity contribution is -0.385. The number of hydrogen-bond donors (Lipinski definition) is 1. The second kappa shape index (κ2) is 9.69. The number of rotatable bonds is 6. The zero-order chi connectivity index (χ0) is 18.8. The second-order valence-electron chi connectivity index (χ2n) is 5.18. The van der Waals surface area contributed by atoms with Crippen LogP contribution in [0.3, 0.4) is 0 Å². The molecule has 0 aliphatic rings. The van der Waals surface area contributed by atoms with Gasteiger partial charge in [0.05, 0.1) is 18.1 Å². The van der Waals surface area contributed by atoms with E-state index in [0.29, 0.717) is 17.7 Å². The molecule has 0 saturated heterocycles. The lowest BCUT2D eigenvalue weighted by Crippen LogP contribution is -2.24. The van der Waals surface area contributed by atoms with Crippen LogP contribution in [0.25, 0.3) is 0 Å². The summed E-state index contributed by atoms with van der Waals surface area (Å²) in [4.78, 5) is 22.1. The van der Waals surface area contributed by atoms with Crippen LogP contribution in [0.4, 0.5) is 10.5 Å². The molecule has 0 unspecified atom stereocenters. The third kappa shape index (κ3) is 5.83. The van der Waals surface area contributed by atoms with Crippen molar-refractivity contribution in [1.29, 1.82) is 0 Å². The number of hydrogen-bond acceptors (Lipinski definition) is 5. The molecule has 0 aliphatic carbocycles. The van der Waals surface area contributed by atoms with Crippen LogP contribution in [0.5, 0.6) is 5.75 Å². The molecule has 1 N–H and O–H groups in total. The number of nitro benzene ring substituents is 1. The van der Waals surface area contributed by atoms with Gasteiger partial charge in [0.25, 0.3) is 5.69 Å². The summed E-state index contributed by atoms with van der Waals surface area (Å²) in [6.45, 7) is 0.473. The summed E-state index contributed by atoms with van der Waals surface area (Å²) < 4.78 is 10.0. The van der Waals surface area contributed by atoms with E-state index in [1.807, 2.05) is 30.3 Å². The zero-order valence-corrected chi connectivity index (χ0v) is 14.2. The zero-order valence-electron chi connectivity index (χ0n) is 14.2. The van der Waals surface area contributed by atoms with Gasteiger partial charge in [-0.15, -0.1) is 0 Å². The van der Waals surface area contributed by atoms with Gasteiger partial charge in [-0.2, -0.15) is 0 Å². The fourth-order valence-corrected chi connectivity index (χ4v) is 2.05. The second-order valence-corrected chi connectivity index (χ2v) is 5.18. The van der Waals surface area contributed by atoms with Gasteiger partial charge in [-0.3, -0.25) is 10.1 Å². The molecule has 2 aromatic carbocycles. The number of nitrogens with one attached hydrogen (secondary N) is 1. The molecule has 0 aromatic heterocycles. The molecule has 2 rings (SSSR count). The minimum atomic E-state index is -0.536. The molecule has 0 bridgehead atoms. The molecule has 7 nitrogen and oxygen atoms in total. The van der Waals surface area contributed by atoms with E-state index in [2.05, 4.69) is 17.2 Å². The minimum absolute atomic E-state index is 0.118. The Morgan fingerprint density at radius 1 is 1.23 bits per heavy atom. The lowest BCUT2D eigenvalue weighted by Gasteiger charge is -2.05. The van der Waals surface area contributed by atoms with E-state index in [4.69, 9.17) is 9.47 Å². The number of nitrogens with zero attached hydrogens (tertiary/aromatic N) is 1. The third-order valence-corrected chi connectivity index (χ3v) is 3.36. The van der Waals surface area contributed by atoms with Crippen LogP contribution in [-0.2, 0) is 11.3 Å². The Bertz CT molecular complexity index is 825. The highest BCUT2D eigenvalue weighted by Crippen LogP contribution is 2.23. The van der Waals surface area contributed by atoms with Gasteiger partial charge in [0.1, 0.15) is 17.9 Å². The number of nitro groups is 1. The van der Waals surface area contributed by atoms with Crippen molar-refractivity contribution in [2.45, 2.75) is 13.0 Å². The van der Waals surface area contributed by atoms with Gasteiger partial charge in [-0.1, -0.05) is 42.2 Å². The van der Waals surface area contributed by atoms with E-state index >= 15 is 0 Å². The molecule has 1 amide bonds. The molecule has 0 atom stereocenters. The number of amides is 1. The van der Waals surface area contributed by atoms with Crippen LogP contribution >= 0.6 is 0 Å². The number of ether oxygens (including phenoxy) is 2. The number of carbonyl (C=O) groups excluding carboxylic acids is 1. The Balaban J connectivity index is 1.80. The van der Waals surface area contributed by atoms with Gasteiger partial charge >= 0.3 is 6.09 Å². The molecule has 26 heavy (non-hydrogen) atoms. The Morgan fingerprint density at radius 2 is 2.00 bits per heavy atom. The fraction of sp³-hybridized carbons (Fsp3) is 0.211. The van der Waals surface area contributed by atoms with E-state index in [1.54, 1.807) is 6.07 Å². The van der Waals surface area contributed by atoms with Crippen molar-refractivity contribution < 1.29 is 19.2 Å². The summed E-state index contributed by atoms with van der Waals surface area (Å²) in [7, 11) is 1.44. The van der Waals surface area contributed by atoms with Crippen molar-refractivity contribution in [1.82, 2.24) is 5.32 Å². The molecule has 134 valence electrons. The lowest BCUT2D eigenvalue weighted by atomic mass is 10.1. The van der Waals surface area contributed by atoms with Crippen molar-refractivity contribution in [2.75, 3.05) is 13.7 Å². The maximum atomic E-state index is 11.6. The number of carbonyl (C=O) groups is 1. The monoisotopic (exact) mass is 354 g/mol. The van der Waals surface area contributed by atoms with Gasteiger partial charge in [0.2, 0.25) is 0 Å². The van der Waals surface area contributed by atoms with Crippen molar-refractivity contribution >= 4 is 11.8 Å². The summed E-state index contributed by atoms with van der Waals surface area (Å²) in [6.07, 6.45) is -0.199. The smallest absolute Gasteiger partial charge is 0.407 e. The van der Waals surface area contributed by atoms with Crippen LogP contribution in [0.2, 0.25) is 0 Å². The minimum Gasteiger partial charge on any atom is -0.497 e. The Labute approximate surface area is 151 Å². The van der Waals surface area contributed by atoms with Gasteiger partial charge in [-0.05, 0) is 17.7 Å². The normalized spacial score (nSPS) is 9.58. The van der Waals surface area contributed by atoms with Crippen molar-refractivity contribution in [3.05, 3.63) is 69.8 Å². The summed E-state index contributed by atoms with van der Waals surface area (Å²) >= 11 is 0. The highest BCUT2D eigenvalue weighted by molar-refractivity contribution is 5.67. The maximum absolute atomic E-state index is 11.6. The molecular weight excluding hydrogens is 336 g/mol. The first-order valence-electron chi connectivity index (χ1n) is 7.86. The van der Waals surface area contributed by atoms with Crippen LogP contribution in [0, 0.1) is 22.0 Å². The van der Waals surface area contributed by atoms with Crippen molar-refractivity contribution in [2.24, 2.45) is 0 Å². The molecule has 0 heterocycles. The SMILES string of the molecule is COc1ccc(C#CCCNC(=O)OCc2ccccc2)c([N+](=O)[O-])c1. The molecule has 0 aliphatic heterocycles. The Morgan fingerprint density at radius 3 is 2.69 bits per heavy atom.